The molecule has 0 atom stereocenters. The summed E-state index contributed by atoms with van der Waals surface area (Å²) < 4.78 is 4.40. The second kappa shape index (κ2) is 5.59. The summed E-state index contributed by atoms with van der Waals surface area (Å²) in [6.07, 6.45) is 3.32. The number of carboxylic acid groups (broad SMARTS) is 1. The SMILES string of the molecule is O=C(O)C(=O)OCC=Cc1ccccc1. The van der Waals surface area contributed by atoms with Gasteiger partial charge in [-0.05, 0) is 11.6 Å². The van der Waals surface area contributed by atoms with E-state index in [-0.39, 0.29) is 6.61 Å². The maximum absolute atomic E-state index is 10.5. The van der Waals surface area contributed by atoms with Crippen LogP contribution in [0.15, 0.2) is 36.4 Å². The number of hydrogen-bond acceptors (Lipinski definition) is 3. The molecule has 0 aliphatic heterocycles. The Morgan fingerprint density at radius 2 is 1.93 bits per heavy atom. The highest BCUT2D eigenvalue weighted by Crippen LogP contribution is 2.00. The number of benzene rings is 1. The van der Waals surface area contributed by atoms with Gasteiger partial charge >= 0.3 is 11.9 Å². The monoisotopic (exact) mass is 206 g/mol. The van der Waals surface area contributed by atoms with E-state index in [1.54, 1.807) is 12.2 Å². The van der Waals surface area contributed by atoms with Crippen molar-refractivity contribution in [1.82, 2.24) is 0 Å². The minimum atomic E-state index is -1.58. The van der Waals surface area contributed by atoms with Crippen LogP contribution < -0.4 is 0 Å². The molecule has 4 nitrogen and oxygen atoms in total. The molecule has 1 rings (SSSR count). The van der Waals surface area contributed by atoms with E-state index in [0.717, 1.165) is 5.56 Å². The third-order valence-electron chi connectivity index (χ3n) is 1.60. The highest BCUT2D eigenvalue weighted by molar-refractivity contribution is 6.28. The Balaban J connectivity index is 2.35. The summed E-state index contributed by atoms with van der Waals surface area (Å²) in [5, 5.41) is 8.20. The molecule has 1 aromatic carbocycles. The van der Waals surface area contributed by atoms with Crippen LogP contribution in [-0.4, -0.2) is 23.7 Å². The van der Waals surface area contributed by atoms with Crippen LogP contribution in [0.1, 0.15) is 5.56 Å². The quantitative estimate of drug-likeness (QED) is 0.598. The lowest BCUT2D eigenvalue weighted by molar-refractivity contribution is -0.163. The van der Waals surface area contributed by atoms with E-state index in [0.29, 0.717) is 0 Å². The van der Waals surface area contributed by atoms with Crippen LogP contribution in [0.4, 0.5) is 0 Å². The number of carbonyl (C=O) groups is 2. The minimum Gasteiger partial charge on any atom is -0.473 e. The van der Waals surface area contributed by atoms with Gasteiger partial charge in [-0.2, -0.15) is 0 Å². The third kappa shape index (κ3) is 4.08. The van der Waals surface area contributed by atoms with Gasteiger partial charge in [-0.1, -0.05) is 36.4 Å². The normalized spacial score (nSPS) is 10.1. The maximum atomic E-state index is 10.5. The molecule has 0 saturated heterocycles. The van der Waals surface area contributed by atoms with Crippen molar-refractivity contribution in [3.05, 3.63) is 42.0 Å². The third-order valence-corrected chi connectivity index (χ3v) is 1.60. The zero-order valence-electron chi connectivity index (χ0n) is 7.92. The smallest absolute Gasteiger partial charge is 0.417 e. The molecular weight excluding hydrogens is 196 g/mol. The summed E-state index contributed by atoms with van der Waals surface area (Å²) in [7, 11) is 0. The first-order valence-electron chi connectivity index (χ1n) is 4.32. The molecule has 0 aromatic heterocycles. The zero-order valence-corrected chi connectivity index (χ0v) is 7.92. The average molecular weight is 206 g/mol. The van der Waals surface area contributed by atoms with Crippen LogP contribution in [0.25, 0.3) is 6.08 Å². The number of aliphatic carboxylic acids is 1. The Labute approximate surface area is 86.8 Å². The van der Waals surface area contributed by atoms with E-state index in [9.17, 15) is 9.59 Å². The van der Waals surface area contributed by atoms with Gasteiger partial charge < -0.3 is 9.84 Å². The van der Waals surface area contributed by atoms with E-state index < -0.39 is 11.9 Å². The fourth-order valence-electron chi connectivity index (χ4n) is 0.934. The Bertz CT molecular complexity index is 367. The summed E-state index contributed by atoms with van der Waals surface area (Å²) in [5.74, 6) is -2.82. The van der Waals surface area contributed by atoms with E-state index >= 15 is 0 Å². The van der Waals surface area contributed by atoms with Crippen LogP contribution in [-0.2, 0) is 14.3 Å². The van der Waals surface area contributed by atoms with E-state index in [1.165, 1.54) is 0 Å². The Morgan fingerprint density at radius 1 is 1.27 bits per heavy atom. The molecule has 0 aliphatic carbocycles. The number of carbonyl (C=O) groups excluding carboxylic acids is 1. The van der Waals surface area contributed by atoms with E-state index in [1.807, 2.05) is 30.3 Å². The predicted octanol–water partition coefficient (Wildman–Crippen LogP) is 1.33. The molecule has 1 aromatic rings. The van der Waals surface area contributed by atoms with Gasteiger partial charge in [-0.15, -0.1) is 0 Å². The second-order valence-electron chi connectivity index (χ2n) is 2.72. The molecule has 0 fully saturated rings. The first kappa shape index (κ1) is 11.0. The molecule has 0 aliphatic rings. The van der Waals surface area contributed by atoms with Crippen molar-refractivity contribution >= 4 is 18.0 Å². The number of rotatable bonds is 3. The Hall–Kier alpha value is -2.10. The summed E-state index contributed by atoms with van der Waals surface area (Å²) in [6.45, 7) is -0.0416. The van der Waals surface area contributed by atoms with E-state index in [4.69, 9.17) is 5.11 Å². The number of hydrogen-bond donors (Lipinski definition) is 1. The molecule has 0 unspecified atom stereocenters. The van der Waals surface area contributed by atoms with Crippen molar-refractivity contribution in [2.45, 2.75) is 0 Å². The highest BCUT2D eigenvalue weighted by atomic mass is 16.6. The van der Waals surface area contributed by atoms with Crippen molar-refractivity contribution in [3.63, 3.8) is 0 Å². The first-order chi connectivity index (χ1) is 7.20. The van der Waals surface area contributed by atoms with Crippen molar-refractivity contribution in [1.29, 1.82) is 0 Å². The maximum Gasteiger partial charge on any atom is 0.417 e. The Kier molecular flexibility index (Phi) is 4.09. The fraction of sp³-hybridized carbons (Fsp3) is 0.0909. The van der Waals surface area contributed by atoms with Crippen molar-refractivity contribution in [2.75, 3.05) is 6.61 Å². The highest BCUT2D eigenvalue weighted by Gasteiger charge is 2.10. The topological polar surface area (TPSA) is 63.6 Å². The summed E-state index contributed by atoms with van der Waals surface area (Å²) in [5.41, 5.74) is 0.962. The molecule has 0 saturated carbocycles. The minimum absolute atomic E-state index is 0.0416. The summed E-state index contributed by atoms with van der Waals surface area (Å²) in [6, 6.07) is 9.42. The Morgan fingerprint density at radius 3 is 2.53 bits per heavy atom. The summed E-state index contributed by atoms with van der Waals surface area (Å²) in [4.78, 5) is 20.6. The van der Waals surface area contributed by atoms with Gasteiger partial charge in [-0.3, -0.25) is 0 Å². The lowest BCUT2D eigenvalue weighted by Crippen LogP contribution is -2.15. The molecule has 4 heteroatoms. The lowest BCUT2D eigenvalue weighted by Gasteiger charge is -1.95. The molecule has 0 spiro atoms. The van der Waals surface area contributed by atoms with Gasteiger partial charge in [0.25, 0.3) is 0 Å². The van der Waals surface area contributed by atoms with Gasteiger partial charge in [0.2, 0.25) is 0 Å². The summed E-state index contributed by atoms with van der Waals surface area (Å²) >= 11 is 0. The average Bonchev–Trinajstić information content (AvgIpc) is 2.25. The van der Waals surface area contributed by atoms with Gasteiger partial charge in [-0.25, -0.2) is 9.59 Å². The van der Waals surface area contributed by atoms with Gasteiger partial charge in [0.1, 0.15) is 6.61 Å². The van der Waals surface area contributed by atoms with Crippen LogP contribution in [0, 0.1) is 0 Å². The molecule has 0 bridgehead atoms. The standard InChI is InChI=1S/C11H10O4/c12-10(13)11(14)15-8-4-7-9-5-2-1-3-6-9/h1-7H,8H2,(H,12,13). The van der Waals surface area contributed by atoms with Gasteiger partial charge in [0.15, 0.2) is 0 Å². The largest absolute Gasteiger partial charge is 0.473 e. The fourth-order valence-corrected chi connectivity index (χ4v) is 0.934. The van der Waals surface area contributed by atoms with Crippen LogP contribution in [0.2, 0.25) is 0 Å². The van der Waals surface area contributed by atoms with Crippen LogP contribution in [0.5, 0.6) is 0 Å². The van der Waals surface area contributed by atoms with Crippen molar-refractivity contribution in [2.24, 2.45) is 0 Å². The van der Waals surface area contributed by atoms with Crippen molar-refractivity contribution in [3.8, 4) is 0 Å². The van der Waals surface area contributed by atoms with Crippen LogP contribution >= 0.6 is 0 Å². The van der Waals surface area contributed by atoms with Gasteiger partial charge in [0.05, 0.1) is 0 Å². The van der Waals surface area contributed by atoms with E-state index in [2.05, 4.69) is 4.74 Å². The van der Waals surface area contributed by atoms with Gasteiger partial charge in [0, 0.05) is 0 Å². The molecule has 1 N–H and O–H groups in total. The first-order valence-corrected chi connectivity index (χ1v) is 4.32. The molecule has 0 heterocycles. The van der Waals surface area contributed by atoms with Crippen LogP contribution in [0.3, 0.4) is 0 Å². The van der Waals surface area contributed by atoms with Crippen molar-refractivity contribution < 1.29 is 19.4 Å². The number of ether oxygens (including phenoxy) is 1. The zero-order chi connectivity index (χ0) is 11.1. The lowest BCUT2D eigenvalue weighted by atomic mass is 10.2. The number of carboxylic acids is 1. The second-order valence-corrected chi connectivity index (χ2v) is 2.72. The molecule has 78 valence electrons. The molecule has 0 radical (unpaired) electrons. The predicted molar refractivity (Wildman–Crippen MR) is 54.1 cm³/mol. The molecule has 0 amide bonds. The molecular formula is C11H10O4. The number of esters is 1. The molecule has 15 heavy (non-hydrogen) atoms.